The summed E-state index contributed by atoms with van der Waals surface area (Å²) in [6.07, 6.45) is 6.10. The lowest BCUT2D eigenvalue weighted by atomic mass is 9.76. The Morgan fingerprint density at radius 1 is 1.24 bits per heavy atom. The van der Waals surface area contributed by atoms with Crippen molar-refractivity contribution < 1.29 is 9.84 Å². The summed E-state index contributed by atoms with van der Waals surface area (Å²) in [6, 6.07) is 8.30. The van der Waals surface area contributed by atoms with Gasteiger partial charge in [-0.2, -0.15) is 0 Å². The second-order valence-electron chi connectivity index (χ2n) is 5.04. The fourth-order valence-corrected chi connectivity index (χ4v) is 2.90. The number of aliphatic hydroxyl groups is 1. The summed E-state index contributed by atoms with van der Waals surface area (Å²) in [5, 5.41) is 9.42. The molecule has 2 unspecified atom stereocenters. The zero-order valence-corrected chi connectivity index (χ0v) is 10.6. The third-order valence-corrected chi connectivity index (χ3v) is 3.93. The maximum absolute atomic E-state index is 9.42. The monoisotopic (exact) mass is 234 g/mol. The number of ether oxygens (including phenoxy) is 1. The first kappa shape index (κ1) is 12.4. The molecule has 0 heterocycles. The van der Waals surface area contributed by atoms with Crippen molar-refractivity contribution in [3.05, 3.63) is 29.8 Å². The normalized spacial score (nSPS) is 24.6. The van der Waals surface area contributed by atoms with Gasteiger partial charge in [0.25, 0.3) is 0 Å². The molecule has 17 heavy (non-hydrogen) atoms. The van der Waals surface area contributed by atoms with E-state index in [9.17, 15) is 5.11 Å². The number of hydrogen-bond acceptors (Lipinski definition) is 2. The highest BCUT2D eigenvalue weighted by atomic mass is 16.5. The van der Waals surface area contributed by atoms with Crippen molar-refractivity contribution in [1.82, 2.24) is 0 Å². The van der Waals surface area contributed by atoms with Crippen LogP contribution in [0, 0.1) is 11.8 Å². The fourth-order valence-electron chi connectivity index (χ4n) is 2.90. The molecule has 0 aromatic heterocycles. The minimum Gasteiger partial charge on any atom is -0.497 e. The van der Waals surface area contributed by atoms with E-state index in [0.29, 0.717) is 18.4 Å². The van der Waals surface area contributed by atoms with E-state index in [1.54, 1.807) is 7.11 Å². The molecule has 0 saturated heterocycles. The van der Waals surface area contributed by atoms with Crippen LogP contribution >= 0.6 is 0 Å². The lowest BCUT2D eigenvalue weighted by Gasteiger charge is -2.30. The highest BCUT2D eigenvalue weighted by Crippen LogP contribution is 2.32. The maximum Gasteiger partial charge on any atom is 0.119 e. The highest BCUT2D eigenvalue weighted by molar-refractivity contribution is 5.28. The predicted octanol–water partition coefficient (Wildman–Crippen LogP) is 3.04. The van der Waals surface area contributed by atoms with E-state index in [2.05, 4.69) is 12.1 Å². The number of rotatable bonds is 4. The van der Waals surface area contributed by atoms with Gasteiger partial charge in [-0.15, -0.1) is 0 Å². The molecule has 1 aromatic carbocycles. The molecule has 0 aliphatic heterocycles. The van der Waals surface area contributed by atoms with Gasteiger partial charge in [-0.25, -0.2) is 0 Å². The largest absolute Gasteiger partial charge is 0.497 e. The van der Waals surface area contributed by atoms with Gasteiger partial charge >= 0.3 is 0 Å². The summed E-state index contributed by atoms with van der Waals surface area (Å²) in [6.45, 7) is 0.342. The SMILES string of the molecule is COc1cccc(CC2CCCCC2CO)c1. The molecule has 0 bridgehead atoms. The summed E-state index contributed by atoms with van der Waals surface area (Å²) in [4.78, 5) is 0. The van der Waals surface area contributed by atoms with Crippen LogP contribution in [0.1, 0.15) is 31.2 Å². The molecule has 2 rings (SSSR count). The van der Waals surface area contributed by atoms with Crippen LogP contribution in [0.5, 0.6) is 5.75 Å². The van der Waals surface area contributed by atoms with Gasteiger partial charge in [-0.3, -0.25) is 0 Å². The topological polar surface area (TPSA) is 29.5 Å². The standard InChI is InChI=1S/C15H22O2/c1-17-15-8-4-5-12(10-15)9-13-6-2-3-7-14(13)11-16/h4-5,8,10,13-14,16H,2-3,6-7,9,11H2,1H3. The lowest BCUT2D eigenvalue weighted by molar-refractivity contribution is 0.134. The zero-order valence-electron chi connectivity index (χ0n) is 10.6. The first-order valence-corrected chi connectivity index (χ1v) is 6.57. The quantitative estimate of drug-likeness (QED) is 0.867. The number of aliphatic hydroxyl groups excluding tert-OH is 1. The third-order valence-electron chi connectivity index (χ3n) is 3.93. The summed E-state index contributed by atoms with van der Waals surface area (Å²) < 4.78 is 5.25. The molecule has 0 radical (unpaired) electrons. The Bertz CT molecular complexity index is 349. The molecule has 94 valence electrons. The van der Waals surface area contributed by atoms with Crippen LogP contribution in [0.25, 0.3) is 0 Å². The zero-order chi connectivity index (χ0) is 12.1. The second-order valence-corrected chi connectivity index (χ2v) is 5.04. The first-order valence-electron chi connectivity index (χ1n) is 6.57. The Morgan fingerprint density at radius 2 is 2.00 bits per heavy atom. The molecule has 0 spiro atoms. The van der Waals surface area contributed by atoms with Crippen LogP contribution in [0.3, 0.4) is 0 Å². The van der Waals surface area contributed by atoms with Crippen LogP contribution in [0.15, 0.2) is 24.3 Å². The minimum absolute atomic E-state index is 0.342. The summed E-state index contributed by atoms with van der Waals surface area (Å²) >= 11 is 0. The van der Waals surface area contributed by atoms with E-state index in [0.717, 1.165) is 12.2 Å². The molecule has 2 nitrogen and oxygen atoms in total. The molecule has 1 N–H and O–H groups in total. The second kappa shape index (κ2) is 6.06. The van der Waals surface area contributed by atoms with Crippen LogP contribution in [0.2, 0.25) is 0 Å². The van der Waals surface area contributed by atoms with Gasteiger partial charge < -0.3 is 9.84 Å². The molecular weight excluding hydrogens is 212 g/mol. The van der Waals surface area contributed by atoms with Crippen LogP contribution in [-0.2, 0) is 6.42 Å². The number of benzene rings is 1. The Kier molecular flexibility index (Phi) is 4.43. The molecule has 2 heteroatoms. The molecule has 0 amide bonds. The summed E-state index contributed by atoms with van der Waals surface area (Å²) in [7, 11) is 1.70. The highest BCUT2D eigenvalue weighted by Gasteiger charge is 2.24. The molecule has 1 aromatic rings. The Balaban J connectivity index is 2.02. The van der Waals surface area contributed by atoms with Crippen molar-refractivity contribution in [3.8, 4) is 5.75 Å². The van der Waals surface area contributed by atoms with Crippen LogP contribution < -0.4 is 4.74 Å². The van der Waals surface area contributed by atoms with Crippen LogP contribution in [0.4, 0.5) is 0 Å². The van der Waals surface area contributed by atoms with E-state index >= 15 is 0 Å². The predicted molar refractivity (Wildman–Crippen MR) is 69.2 cm³/mol. The Hall–Kier alpha value is -1.02. The molecule has 1 saturated carbocycles. The molecule has 1 aliphatic rings. The van der Waals surface area contributed by atoms with Gasteiger partial charge in [0.15, 0.2) is 0 Å². The van der Waals surface area contributed by atoms with E-state index < -0.39 is 0 Å². The fraction of sp³-hybridized carbons (Fsp3) is 0.600. The van der Waals surface area contributed by atoms with Gasteiger partial charge in [-0.1, -0.05) is 25.0 Å². The number of hydrogen-bond donors (Lipinski definition) is 1. The molecular formula is C15H22O2. The molecule has 1 fully saturated rings. The van der Waals surface area contributed by atoms with E-state index in [-0.39, 0.29) is 0 Å². The van der Waals surface area contributed by atoms with E-state index in [1.165, 1.54) is 31.2 Å². The molecule has 2 atom stereocenters. The third kappa shape index (κ3) is 3.22. The minimum atomic E-state index is 0.342. The van der Waals surface area contributed by atoms with Crippen molar-refractivity contribution in [2.24, 2.45) is 11.8 Å². The van der Waals surface area contributed by atoms with Crippen molar-refractivity contribution in [2.45, 2.75) is 32.1 Å². The van der Waals surface area contributed by atoms with Crippen molar-refractivity contribution in [1.29, 1.82) is 0 Å². The average Bonchev–Trinajstić information content (AvgIpc) is 2.39. The van der Waals surface area contributed by atoms with E-state index in [1.807, 2.05) is 12.1 Å². The first-order chi connectivity index (χ1) is 8.33. The Morgan fingerprint density at radius 3 is 2.71 bits per heavy atom. The van der Waals surface area contributed by atoms with Gasteiger partial charge in [0.2, 0.25) is 0 Å². The van der Waals surface area contributed by atoms with E-state index in [4.69, 9.17) is 4.74 Å². The van der Waals surface area contributed by atoms with Crippen LogP contribution in [-0.4, -0.2) is 18.8 Å². The van der Waals surface area contributed by atoms with Crippen molar-refractivity contribution in [2.75, 3.05) is 13.7 Å². The van der Waals surface area contributed by atoms with Crippen molar-refractivity contribution in [3.63, 3.8) is 0 Å². The smallest absolute Gasteiger partial charge is 0.119 e. The Labute approximate surface area is 104 Å². The summed E-state index contributed by atoms with van der Waals surface area (Å²) in [5.74, 6) is 2.06. The average molecular weight is 234 g/mol. The lowest BCUT2D eigenvalue weighted by Crippen LogP contribution is -2.24. The van der Waals surface area contributed by atoms with Gasteiger partial charge in [0.05, 0.1) is 7.11 Å². The number of methoxy groups -OCH3 is 1. The maximum atomic E-state index is 9.42. The van der Waals surface area contributed by atoms with Gasteiger partial charge in [0.1, 0.15) is 5.75 Å². The van der Waals surface area contributed by atoms with Gasteiger partial charge in [-0.05, 0) is 48.8 Å². The van der Waals surface area contributed by atoms with Gasteiger partial charge in [0, 0.05) is 6.61 Å². The summed E-state index contributed by atoms with van der Waals surface area (Å²) in [5.41, 5.74) is 1.33. The molecule has 1 aliphatic carbocycles. The van der Waals surface area contributed by atoms with Crippen molar-refractivity contribution >= 4 is 0 Å².